The number of piperidine rings is 1. The Labute approximate surface area is 181 Å². The van der Waals surface area contributed by atoms with E-state index in [2.05, 4.69) is 32.6 Å². The van der Waals surface area contributed by atoms with Crippen molar-refractivity contribution >= 4 is 17.9 Å². The van der Waals surface area contributed by atoms with E-state index >= 15 is 0 Å². The van der Waals surface area contributed by atoms with Crippen LogP contribution in [0.25, 0.3) is 6.08 Å². The van der Waals surface area contributed by atoms with Crippen LogP contribution in [0, 0.1) is 6.92 Å². The van der Waals surface area contributed by atoms with Gasteiger partial charge in [0.1, 0.15) is 12.4 Å². The topological polar surface area (TPSA) is 80.2 Å². The number of hydrogen-bond acceptors (Lipinski definition) is 5. The first-order chi connectivity index (χ1) is 15.2. The Kier molecular flexibility index (Phi) is 6.52. The number of carbonyl (C=O) groups is 1. The zero-order chi connectivity index (χ0) is 21.5. The van der Waals surface area contributed by atoms with Crippen LogP contribution in [0.4, 0.5) is 10.6 Å². The summed E-state index contributed by atoms with van der Waals surface area (Å²) in [5.41, 5.74) is 4.32. The first-order valence-electron chi connectivity index (χ1n) is 10.3. The molecule has 1 aliphatic rings. The largest absolute Gasteiger partial charge is 0.487 e. The molecule has 3 heterocycles. The summed E-state index contributed by atoms with van der Waals surface area (Å²) in [6, 6.07) is 17.3. The molecule has 0 atom stereocenters. The van der Waals surface area contributed by atoms with E-state index in [4.69, 9.17) is 4.74 Å². The van der Waals surface area contributed by atoms with E-state index in [-0.39, 0.29) is 6.03 Å². The minimum atomic E-state index is -0.139. The Hall–Kier alpha value is -3.74. The SMILES string of the molecule is Cc1cccc(COc2cccc(C=C3CCN(C(=O)Nc4cccnn4)CC3)c2)n1. The molecule has 1 fully saturated rings. The third-order valence-corrected chi connectivity index (χ3v) is 5.06. The number of urea groups is 1. The minimum Gasteiger partial charge on any atom is -0.487 e. The Morgan fingerprint density at radius 1 is 1.13 bits per heavy atom. The van der Waals surface area contributed by atoms with Gasteiger partial charge in [-0.05, 0) is 61.7 Å². The number of rotatable bonds is 5. The van der Waals surface area contributed by atoms with Gasteiger partial charge in [0.2, 0.25) is 0 Å². The summed E-state index contributed by atoms with van der Waals surface area (Å²) < 4.78 is 5.92. The Morgan fingerprint density at radius 3 is 2.74 bits per heavy atom. The number of likely N-dealkylation sites (tertiary alicyclic amines) is 1. The number of nitrogens with zero attached hydrogens (tertiary/aromatic N) is 4. The van der Waals surface area contributed by atoms with Crippen LogP contribution in [0.2, 0.25) is 0 Å². The van der Waals surface area contributed by atoms with Crippen LogP contribution in [-0.4, -0.2) is 39.2 Å². The number of amides is 2. The molecule has 0 unspecified atom stereocenters. The molecule has 7 nitrogen and oxygen atoms in total. The molecule has 1 saturated heterocycles. The average Bonchev–Trinajstić information content (AvgIpc) is 2.79. The number of ether oxygens (including phenoxy) is 1. The van der Waals surface area contributed by atoms with Crippen molar-refractivity contribution in [3.8, 4) is 5.75 Å². The highest BCUT2D eigenvalue weighted by molar-refractivity contribution is 5.88. The van der Waals surface area contributed by atoms with E-state index in [9.17, 15) is 4.79 Å². The molecule has 1 aromatic carbocycles. The van der Waals surface area contributed by atoms with E-state index in [1.807, 2.05) is 43.3 Å². The van der Waals surface area contributed by atoms with Gasteiger partial charge in [-0.3, -0.25) is 10.3 Å². The lowest BCUT2D eigenvalue weighted by molar-refractivity contribution is 0.207. The van der Waals surface area contributed by atoms with Gasteiger partial charge in [-0.25, -0.2) is 4.79 Å². The van der Waals surface area contributed by atoms with Crippen LogP contribution >= 0.6 is 0 Å². The normalized spacial score (nSPS) is 13.6. The number of aryl methyl sites for hydroxylation is 1. The molecule has 0 aliphatic carbocycles. The van der Waals surface area contributed by atoms with Gasteiger partial charge in [0.05, 0.1) is 5.69 Å². The first-order valence-corrected chi connectivity index (χ1v) is 10.3. The molecule has 0 saturated carbocycles. The van der Waals surface area contributed by atoms with E-state index in [1.165, 1.54) is 5.57 Å². The van der Waals surface area contributed by atoms with E-state index in [1.54, 1.807) is 23.2 Å². The third-order valence-electron chi connectivity index (χ3n) is 5.06. The molecule has 4 rings (SSSR count). The number of hydrogen-bond donors (Lipinski definition) is 1. The number of carbonyl (C=O) groups excluding carboxylic acids is 1. The van der Waals surface area contributed by atoms with Gasteiger partial charge in [0.25, 0.3) is 0 Å². The maximum Gasteiger partial charge on any atom is 0.323 e. The monoisotopic (exact) mass is 415 g/mol. The maximum atomic E-state index is 12.4. The predicted molar refractivity (Wildman–Crippen MR) is 120 cm³/mol. The van der Waals surface area contributed by atoms with Gasteiger partial charge < -0.3 is 9.64 Å². The Bertz CT molecular complexity index is 1060. The molecule has 7 heteroatoms. The number of nitrogens with one attached hydrogen (secondary N) is 1. The molecule has 158 valence electrons. The van der Waals surface area contributed by atoms with E-state index < -0.39 is 0 Å². The second-order valence-corrected chi connectivity index (χ2v) is 7.46. The van der Waals surface area contributed by atoms with Crippen LogP contribution in [-0.2, 0) is 6.61 Å². The van der Waals surface area contributed by atoms with Crippen molar-refractivity contribution in [2.24, 2.45) is 0 Å². The van der Waals surface area contributed by atoms with Crippen molar-refractivity contribution in [2.75, 3.05) is 18.4 Å². The quantitative estimate of drug-likeness (QED) is 0.665. The fourth-order valence-corrected chi connectivity index (χ4v) is 3.47. The number of aromatic nitrogens is 3. The van der Waals surface area contributed by atoms with Crippen LogP contribution in [0.3, 0.4) is 0 Å². The van der Waals surface area contributed by atoms with Crippen LogP contribution < -0.4 is 10.1 Å². The molecule has 0 radical (unpaired) electrons. The molecule has 1 N–H and O–H groups in total. The lowest BCUT2D eigenvalue weighted by atomic mass is 10.0. The van der Waals surface area contributed by atoms with Gasteiger partial charge >= 0.3 is 6.03 Å². The smallest absolute Gasteiger partial charge is 0.323 e. The highest BCUT2D eigenvalue weighted by Gasteiger charge is 2.19. The van der Waals surface area contributed by atoms with Crippen LogP contribution in [0.15, 0.2) is 66.4 Å². The van der Waals surface area contributed by atoms with Crippen LogP contribution in [0.5, 0.6) is 5.75 Å². The third kappa shape index (κ3) is 5.88. The number of anilines is 1. The fraction of sp³-hybridized carbons (Fsp3) is 0.250. The van der Waals surface area contributed by atoms with Crippen molar-refractivity contribution in [1.82, 2.24) is 20.1 Å². The molecule has 3 aromatic rings. The Balaban J connectivity index is 1.31. The summed E-state index contributed by atoms with van der Waals surface area (Å²) in [7, 11) is 0. The summed E-state index contributed by atoms with van der Waals surface area (Å²) in [5, 5.41) is 10.5. The molecule has 0 spiro atoms. The zero-order valence-corrected chi connectivity index (χ0v) is 17.5. The molecular formula is C24H25N5O2. The fourth-order valence-electron chi connectivity index (χ4n) is 3.47. The summed E-state index contributed by atoms with van der Waals surface area (Å²) >= 11 is 0. The van der Waals surface area contributed by atoms with Gasteiger partial charge in [-0.1, -0.05) is 29.8 Å². The van der Waals surface area contributed by atoms with Crippen molar-refractivity contribution < 1.29 is 9.53 Å². The molecular weight excluding hydrogens is 390 g/mol. The Morgan fingerprint density at radius 2 is 1.97 bits per heavy atom. The molecule has 0 bridgehead atoms. The molecule has 1 aliphatic heterocycles. The average molecular weight is 415 g/mol. The molecule has 2 amide bonds. The summed E-state index contributed by atoms with van der Waals surface area (Å²) in [4.78, 5) is 18.7. The first kappa shape index (κ1) is 20.5. The lowest BCUT2D eigenvalue weighted by Gasteiger charge is -2.28. The summed E-state index contributed by atoms with van der Waals surface area (Å²) in [6.45, 7) is 3.76. The summed E-state index contributed by atoms with van der Waals surface area (Å²) in [5.74, 6) is 1.28. The summed E-state index contributed by atoms with van der Waals surface area (Å²) in [6.07, 6.45) is 5.45. The van der Waals surface area contributed by atoms with Gasteiger partial charge in [0.15, 0.2) is 5.82 Å². The van der Waals surface area contributed by atoms with Crippen molar-refractivity contribution in [3.05, 3.63) is 83.3 Å². The van der Waals surface area contributed by atoms with Crippen molar-refractivity contribution in [1.29, 1.82) is 0 Å². The number of pyridine rings is 1. The minimum absolute atomic E-state index is 0.139. The van der Waals surface area contributed by atoms with Crippen LogP contribution in [0.1, 0.15) is 29.8 Å². The second kappa shape index (κ2) is 9.84. The zero-order valence-electron chi connectivity index (χ0n) is 17.5. The van der Waals surface area contributed by atoms with Gasteiger partial charge in [-0.2, -0.15) is 5.10 Å². The molecule has 2 aromatic heterocycles. The predicted octanol–water partition coefficient (Wildman–Crippen LogP) is 4.47. The second-order valence-electron chi connectivity index (χ2n) is 7.46. The maximum absolute atomic E-state index is 12.4. The van der Waals surface area contributed by atoms with E-state index in [0.29, 0.717) is 25.5 Å². The highest BCUT2D eigenvalue weighted by Crippen LogP contribution is 2.22. The number of benzene rings is 1. The molecule has 31 heavy (non-hydrogen) atoms. The van der Waals surface area contributed by atoms with Gasteiger partial charge in [0, 0.05) is 25.0 Å². The standard InChI is InChI=1S/C24H25N5O2/c1-18-5-2-7-21(26-18)17-31-22-8-3-6-20(16-22)15-19-10-13-29(14-11-19)24(30)27-23-9-4-12-25-28-23/h2-9,12,15-16H,10-11,13-14,17H2,1H3,(H,27,28,30). The lowest BCUT2D eigenvalue weighted by Crippen LogP contribution is -2.39. The van der Waals surface area contributed by atoms with Gasteiger partial charge in [-0.15, -0.1) is 5.10 Å². The van der Waals surface area contributed by atoms with Crippen molar-refractivity contribution in [2.45, 2.75) is 26.4 Å². The van der Waals surface area contributed by atoms with Crippen molar-refractivity contribution in [3.63, 3.8) is 0 Å². The van der Waals surface area contributed by atoms with E-state index in [0.717, 1.165) is 35.5 Å². The highest BCUT2D eigenvalue weighted by atomic mass is 16.5.